The average Bonchev–Trinajstić information content (AvgIpc) is 4.12. The van der Waals surface area contributed by atoms with Gasteiger partial charge < -0.3 is 26.7 Å². The molecule has 0 unspecified atom stereocenters. The Kier molecular flexibility index (Phi) is 14.2. The topological polar surface area (TPSA) is 72.0 Å². The number of hydrogen-bond acceptors (Lipinski definition) is 5. The van der Waals surface area contributed by atoms with Crippen LogP contribution in [0.15, 0.2) is 278 Å². The van der Waals surface area contributed by atoms with Crippen molar-refractivity contribution in [3.05, 3.63) is 289 Å². The van der Waals surface area contributed by atoms with Crippen LogP contribution in [0.2, 0.25) is 0 Å². The van der Waals surface area contributed by atoms with Crippen molar-refractivity contribution in [2.45, 2.75) is 12.8 Å². The first-order valence-corrected chi connectivity index (χ1v) is 23.0. The SMILES string of the molecule is C=C(/C=C(\C=C/N/C(C=N)=C/C=C/NC1=C(c2cccc(-c3cccc(-c4ccccc4Nc4ccccc4)c3)c2)C=CC1)c1ccc(Nc2ccccc2)c(-c2ccccc2)c1)C1=CCC=C1. The minimum absolute atomic E-state index is 0.637. The molecular weight excluding hydrogens is 827 g/mol. The Morgan fingerprint density at radius 1 is 0.559 bits per heavy atom. The summed E-state index contributed by atoms with van der Waals surface area (Å²) in [6, 6.07) is 63.4. The molecule has 0 saturated heterocycles. The van der Waals surface area contributed by atoms with Gasteiger partial charge in [0.1, 0.15) is 0 Å². The number of nitrogens with one attached hydrogen (secondary N) is 5. The number of anilines is 4. The van der Waals surface area contributed by atoms with E-state index in [1.165, 1.54) is 6.21 Å². The molecule has 0 radical (unpaired) electrons. The van der Waals surface area contributed by atoms with Crippen LogP contribution in [0, 0.1) is 5.41 Å². The Hall–Kier alpha value is -8.93. The minimum Gasteiger partial charge on any atom is -0.364 e. The first-order valence-electron chi connectivity index (χ1n) is 23.0. The fraction of sp³-hybridized carbons (Fsp3) is 0.0317. The van der Waals surface area contributed by atoms with E-state index in [2.05, 4.69) is 204 Å². The van der Waals surface area contributed by atoms with E-state index in [0.717, 1.165) is 108 Å². The highest BCUT2D eigenvalue weighted by atomic mass is 14.9. The Morgan fingerprint density at radius 2 is 1.19 bits per heavy atom. The van der Waals surface area contributed by atoms with E-state index in [1.54, 1.807) is 0 Å². The van der Waals surface area contributed by atoms with Crippen LogP contribution in [0.1, 0.15) is 24.0 Å². The molecule has 2 aliphatic rings. The van der Waals surface area contributed by atoms with Gasteiger partial charge in [0.2, 0.25) is 0 Å². The summed E-state index contributed by atoms with van der Waals surface area (Å²) in [5, 5.41) is 22.3. The van der Waals surface area contributed by atoms with Crippen LogP contribution in [0.3, 0.4) is 0 Å². The van der Waals surface area contributed by atoms with Crippen molar-refractivity contribution in [1.82, 2.24) is 10.6 Å². The zero-order valence-corrected chi connectivity index (χ0v) is 37.9. The summed E-state index contributed by atoms with van der Waals surface area (Å²) in [7, 11) is 0. The second-order valence-electron chi connectivity index (χ2n) is 16.5. The lowest BCUT2D eigenvalue weighted by atomic mass is 9.95. The third kappa shape index (κ3) is 11.1. The van der Waals surface area contributed by atoms with Gasteiger partial charge in [-0.2, -0.15) is 0 Å². The molecule has 9 rings (SSSR count). The second kappa shape index (κ2) is 21.8. The first-order chi connectivity index (χ1) is 33.6. The van der Waals surface area contributed by atoms with Crippen LogP contribution in [-0.4, -0.2) is 6.21 Å². The monoisotopic (exact) mass is 879 g/mol. The van der Waals surface area contributed by atoms with E-state index in [0.29, 0.717) is 5.70 Å². The zero-order valence-electron chi connectivity index (χ0n) is 37.9. The largest absolute Gasteiger partial charge is 0.364 e. The van der Waals surface area contributed by atoms with Gasteiger partial charge >= 0.3 is 0 Å². The third-order valence-electron chi connectivity index (χ3n) is 11.9. The number of benzene rings is 7. The fourth-order valence-electron chi connectivity index (χ4n) is 8.39. The Balaban J connectivity index is 0.908. The molecule has 0 fully saturated rings. The van der Waals surface area contributed by atoms with Crippen molar-refractivity contribution in [1.29, 1.82) is 5.41 Å². The van der Waals surface area contributed by atoms with Gasteiger partial charge in [0.15, 0.2) is 0 Å². The maximum Gasteiger partial charge on any atom is 0.0559 e. The number of para-hydroxylation sites is 3. The maximum atomic E-state index is 8.21. The molecule has 7 aromatic rings. The molecule has 5 heteroatoms. The van der Waals surface area contributed by atoms with Crippen LogP contribution >= 0.6 is 0 Å². The molecule has 68 heavy (non-hydrogen) atoms. The molecule has 330 valence electrons. The molecule has 7 aromatic carbocycles. The Bertz CT molecular complexity index is 3180. The molecular formula is C63H53N5. The quantitative estimate of drug-likeness (QED) is 0.0440. The van der Waals surface area contributed by atoms with Crippen LogP contribution in [0.4, 0.5) is 22.7 Å². The predicted octanol–water partition coefficient (Wildman–Crippen LogP) is 16.1. The van der Waals surface area contributed by atoms with Crippen molar-refractivity contribution in [2.24, 2.45) is 0 Å². The number of rotatable bonds is 18. The normalized spacial score (nSPS) is 13.6. The number of allylic oxidation sites excluding steroid dienone is 14. The molecule has 0 aliphatic heterocycles. The van der Waals surface area contributed by atoms with Crippen molar-refractivity contribution in [3.63, 3.8) is 0 Å². The van der Waals surface area contributed by atoms with Gasteiger partial charge in [0.05, 0.1) is 5.70 Å². The van der Waals surface area contributed by atoms with Gasteiger partial charge in [-0.1, -0.05) is 164 Å². The van der Waals surface area contributed by atoms with E-state index in [4.69, 9.17) is 5.41 Å². The summed E-state index contributed by atoms with van der Waals surface area (Å²) in [4.78, 5) is 0. The molecule has 5 nitrogen and oxygen atoms in total. The van der Waals surface area contributed by atoms with Gasteiger partial charge in [-0.05, 0) is 135 Å². The van der Waals surface area contributed by atoms with E-state index < -0.39 is 0 Å². The van der Waals surface area contributed by atoms with Gasteiger partial charge in [0.25, 0.3) is 0 Å². The molecule has 5 N–H and O–H groups in total. The summed E-state index contributed by atoms with van der Waals surface area (Å²) in [5.74, 6) is 0. The van der Waals surface area contributed by atoms with Crippen LogP contribution in [0.5, 0.6) is 0 Å². The van der Waals surface area contributed by atoms with Gasteiger partial charge in [-0.3, -0.25) is 0 Å². The molecule has 0 saturated carbocycles. The number of hydrogen-bond donors (Lipinski definition) is 5. The average molecular weight is 880 g/mol. The van der Waals surface area contributed by atoms with E-state index in [9.17, 15) is 0 Å². The van der Waals surface area contributed by atoms with Gasteiger partial charge in [-0.15, -0.1) is 0 Å². The molecule has 0 atom stereocenters. The maximum absolute atomic E-state index is 8.21. The summed E-state index contributed by atoms with van der Waals surface area (Å²) in [5.41, 5.74) is 19.1. The van der Waals surface area contributed by atoms with Crippen molar-refractivity contribution >= 4 is 40.1 Å². The van der Waals surface area contributed by atoms with E-state index in [1.807, 2.05) is 73.1 Å². The summed E-state index contributed by atoms with van der Waals surface area (Å²) in [6.07, 6.45) is 25.7. The summed E-state index contributed by atoms with van der Waals surface area (Å²) in [6.45, 7) is 4.43. The van der Waals surface area contributed by atoms with Crippen molar-refractivity contribution in [3.8, 4) is 33.4 Å². The molecule has 0 amide bonds. The third-order valence-corrected chi connectivity index (χ3v) is 11.9. The van der Waals surface area contributed by atoms with E-state index in [-0.39, 0.29) is 0 Å². The zero-order chi connectivity index (χ0) is 46.3. The summed E-state index contributed by atoms with van der Waals surface area (Å²) >= 11 is 0. The standard InChI is InChI=1S/C63H53N5/c1-46(47-19-11-12-20-47)41-52(51-36-37-63(68-56-29-9-4-10-30-56)60(44-51)48-21-5-2-6-22-48)38-40-65-57(45-64)31-18-39-66-61-35-17-33-58(61)53-25-15-23-49(42-53)50-24-16-26-54(43-50)59-32-13-14-34-62(59)67-55-27-7-3-8-28-55/h2-11,13-34,36-45,64-68H,1,12,35H2/b39-18+,40-38-,52-41+,57-31+,64-45?. The van der Waals surface area contributed by atoms with Gasteiger partial charge in [0, 0.05) is 70.2 Å². The lowest BCUT2D eigenvalue weighted by Crippen LogP contribution is -2.06. The molecule has 0 spiro atoms. The highest BCUT2D eigenvalue weighted by molar-refractivity contribution is 5.88. The lowest BCUT2D eigenvalue weighted by molar-refractivity contribution is 1.01. The smallest absolute Gasteiger partial charge is 0.0559 e. The van der Waals surface area contributed by atoms with E-state index >= 15 is 0 Å². The van der Waals surface area contributed by atoms with Crippen molar-refractivity contribution in [2.75, 3.05) is 10.6 Å². The Labute approximate surface area is 400 Å². The summed E-state index contributed by atoms with van der Waals surface area (Å²) < 4.78 is 0. The van der Waals surface area contributed by atoms with Crippen LogP contribution < -0.4 is 21.3 Å². The van der Waals surface area contributed by atoms with Crippen LogP contribution in [-0.2, 0) is 0 Å². The molecule has 0 bridgehead atoms. The van der Waals surface area contributed by atoms with Crippen molar-refractivity contribution < 1.29 is 0 Å². The molecule has 0 heterocycles. The molecule has 0 aromatic heterocycles. The highest BCUT2D eigenvalue weighted by Crippen LogP contribution is 2.37. The lowest BCUT2D eigenvalue weighted by Gasteiger charge is -2.15. The Morgan fingerprint density at radius 3 is 1.90 bits per heavy atom. The first kappa shape index (κ1) is 44.3. The highest BCUT2D eigenvalue weighted by Gasteiger charge is 2.14. The fourth-order valence-corrected chi connectivity index (χ4v) is 8.39. The predicted molar refractivity (Wildman–Crippen MR) is 290 cm³/mol. The second-order valence-corrected chi connectivity index (χ2v) is 16.5. The van der Waals surface area contributed by atoms with Crippen LogP contribution in [0.25, 0.3) is 44.5 Å². The van der Waals surface area contributed by atoms with Gasteiger partial charge in [-0.25, -0.2) is 0 Å². The molecule has 2 aliphatic carbocycles. The minimum atomic E-state index is 0.637.